The van der Waals surface area contributed by atoms with Crippen LogP contribution in [0.1, 0.15) is 56.0 Å². The maximum absolute atomic E-state index is 13.1. The zero-order valence-corrected chi connectivity index (χ0v) is 19.9. The van der Waals surface area contributed by atoms with Crippen LogP contribution in [0.15, 0.2) is 23.1 Å². The number of carbonyl (C=O) groups is 1. The van der Waals surface area contributed by atoms with Gasteiger partial charge in [-0.2, -0.15) is 4.31 Å². The average Bonchev–Trinajstić information content (AvgIpc) is 3.22. The molecule has 0 atom stereocenters. The van der Waals surface area contributed by atoms with Gasteiger partial charge in [0.15, 0.2) is 0 Å². The fourth-order valence-electron chi connectivity index (χ4n) is 3.77. The third-order valence-electron chi connectivity index (χ3n) is 5.83. The van der Waals surface area contributed by atoms with E-state index in [-0.39, 0.29) is 35.5 Å². The molecule has 0 radical (unpaired) electrons. The Balaban J connectivity index is 1.64. The van der Waals surface area contributed by atoms with Gasteiger partial charge in [0.2, 0.25) is 21.1 Å². The van der Waals surface area contributed by atoms with Gasteiger partial charge in [0, 0.05) is 37.1 Å². The zero-order valence-electron chi connectivity index (χ0n) is 18.3. The minimum atomic E-state index is -3.89. The molecule has 1 aliphatic heterocycles. The summed E-state index contributed by atoms with van der Waals surface area (Å²) in [6, 6.07) is 3.81. The van der Waals surface area contributed by atoms with Crippen molar-refractivity contribution in [3.05, 3.63) is 38.9 Å². The van der Waals surface area contributed by atoms with Gasteiger partial charge in [-0.3, -0.25) is 14.9 Å². The Bertz CT molecular complexity index is 1090. The number of hydrogen-bond donors (Lipinski definition) is 1. The highest BCUT2D eigenvalue weighted by Crippen LogP contribution is 2.30. The van der Waals surface area contributed by atoms with Crippen molar-refractivity contribution in [2.45, 2.75) is 57.3 Å². The lowest BCUT2D eigenvalue weighted by Crippen LogP contribution is -2.41. The summed E-state index contributed by atoms with van der Waals surface area (Å²) in [6.07, 6.45) is 2.63. The molecule has 0 bridgehead atoms. The molecule has 1 aromatic carbocycles. The Kier molecular flexibility index (Phi) is 7.57. The number of piperidine rings is 1. The first-order chi connectivity index (χ1) is 15.2. The maximum atomic E-state index is 13.1. The van der Waals surface area contributed by atoms with E-state index in [4.69, 9.17) is 0 Å². The lowest BCUT2D eigenvalue weighted by Gasteiger charge is -2.30. The fraction of sp³-hybridized carbons (Fsp3) is 0.550. The standard InChI is InChI=1S/C20H27N5O5S2/c1-4-14(5-2)19-22-23-20(31-19)21-18(26)15-8-10-24(11-9-15)32(29,30)17-12-16(25(27)28)7-6-13(17)3/h6-7,12,14-15H,4-5,8-11H2,1-3H3,(H,21,23,26). The van der Waals surface area contributed by atoms with Crippen LogP contribution in [-0.4, -0.2) is 46.8 Å². The van der Waals surface area contributed by atoms with Gasteiger partial charge in [0.05, 0.1) is 9.82 Å². The predicted molar refractivity (Wildman–Crippen MR) is 121 cm³/mol. The second-order valence-electron chi connectivity index (χ2n) is 7.83. The van der Waals surface area contributed by atoms with Gasteiger partial charge in [-0.05, 0) is 38.2 Å². The van der Waals surface area contributed by atoms with Gasteiger partial charge in [-0.25, -0.2) is 8.42 Å². The molecule has 1 aliphatic rings. The van der Waals surface area contributed by atoms with Crippen LogP contribution in [0, 0.1) is 23.0 Å². The molecule has 174 valence electrons. The smallest absolute Gasteiger partial charge is 0.270 e. The van der Waals surface area contributed by atoms with Gasteiger partial charge in [-0.1, -0.05) is 31.3 Å². The first kappa shape index (κ1) is 24.2. The monoisotopic (exact) mass is 481 g/mol. The molecular weight excluding hydrogens is 454 g/mol. The number of hydrogen-bond acceptors (Lipinski definition) is 8. The van der Waals surface area contributed by atoms with Crippen LogP contribution in [0.2, 0.25) is 0 Å². The van der Waals surface area contributed by atoms with Crippen molar-refractivity contribution in [3.8, 4) is 0 Å². The number of nitro groups is 1. The quantitative estimate of drug-likeness (QED) is 0.448. The van der Waals surface area contributed by atoms with Crippen molar-refractivity contribution in [2.24, 2.45) is 5.92 Å². The first-order valence-corrected chi connectivity index (χ1v) is 12.8. The van der Waals surface area contributed by atoms with Crippen molar-refractivity contribution < 1.29 is 18.1 Å². The zero-order chi connectivity index (χ0) is 23.5. The summed E-state index contributed by atoms with van der Waals surface area (Å²) in [7, 11) is -3.89. The Morgan fingerprint density at radius 1 is 1.28 bits per heavy atom. The molecule has 2 aromatic rings. The number of aromatic nitrogens is 2. The second kappa shape index (κ2) is 10.0. The number of rotatable bonds is 8. The molecule has 0 saturated carbocycles. The normalized spacial score (nSPS) is 15.8. The van der Waals surface area contributed by atoms with E-state index in [1.807, 2.05) is 0 Å². The Labute approximate surface area is 191 Å². The molecular formula is C20H27N5O5S2. The maximum Gasteiger partial charge on any atom is 0.270 e. The Morgan fingerprint density at radius 3 is 2.53 bits per heavy atom. The number of nitro benzene ring substituents is 1. The van der Waals surface area contributed by atoms with Crippen molar-refractivity contribution in [3.63, 3.8) is 0 Å². The molecule has 0 unspecified atom stereocenters. The van der Waals surface area contributed by atoms with Gasteiger partial charge < -0.3 is 5.32 Å². The molecule has 10 nitrogen and oxygen atoms in total. The van der Waals surface area contributed by atoms with Crippen LogP contribution in [0.5, 0.6) is 0 Å². The van der Waals surface area contributed by atoms with Crippen molar-refractivity contribution >= 4 is 38.1 Å². The number of carbonyl (C=O) groups excluding carboxylic acids is 1. The minimum absolute atomic E-state index is 0.0719. The van der Waals surface area contributed by atoms with Crippen molar-refractivity contribution in [1.29, 1.82) is 0 Å². The highest BCUT2D eigenvalue weighted by Gasteiger charge is 2.34. The van der Waals surface area contributed by atoms with Crippen molar-refractivity contribution in [2.75, 3.05) is 18.4 Å². The molecule has 0 aliphatic carbocycles. The number of nitrogens with one attached hydrogen (secondary N) is 1. The average molecular weight is 482 g/mol. The lowest BCUT2D eigenvalue weighted by molar-refractivity contribution is -0.385. The number of non-ortho nitro benzene ring substituents is 1. The van der Waals surface area contributed by atoms with E-state index < -0.39 is 14.9 Å². The van der Waals surface area contributed by atoms with E-state index in [0.717, 1.165) is 23.9 Å². The highest BCUT2D eigenvalue weighted by atomic mass is 32.2. The molecule has 32 heavy (non-hydrogen) atoms. The van der Waals surface area contributed by atoms with E-state index >= 15 is 0 Å². The van der Waals surface area contributed by atoms with Gasteiger partial charge >= 0.3 is 0 Å². The van der Waals surface area contributed by atoms with E-state index in [1.165, 1.54) is 27.8 Å². The number of aryl methyl sites for hydroxylation is 1. The van der Waals surface area contributed by atoms with E-state index in [0.29, 0.717) is 29.5 Å². The van der Waals surface area contributed by atoms with Crippen molar-refractivity contribution in [1.82, 2.24) is 14.5 Å². The summed E-state index contributed by atoms with van der Waals surface area (Å²) in [6.45, 7) is 6.11. The van der Waals surface area contributed by atoms with Gasteiger partial charge in [0.25, 0.3) is 5.69 Å². The van der Waals surface area contributed by atoms with E-state index in [9.17, 15) is 23.3 Å². The SMILES string of the molecule is CCC(CC)c1nnc(NC(=O)C2CCN(S(=O)(=O)c3cc([N+](=O)[O-])ccc3C)CC2)s1. The summed E-state index contributed by atoms with van der Waals surface area (Å²) in [5.41, 5.74) is 0.174. The molecule has 1 fully saturated rings. The van der Waals surface area contributed by atoms with Gasteiger partial charge in [-0.15, -0.1) is 10.2 Å². The Morgan fingerprint density at radius 2 is 1.94 bits per heavy atom. The molecule has 1 N–H and O–H groups in total. The third-order valence-corrected chi connectivity index (χ3v) is 8.87. The summed E-state index contributed by atoms with van der Waals surface area (Å²) in [5, 5.41) is 23.5. The molecule has 1 aromatic heterocycles. The summed E-state index contributed by atoms with van der Waals surface area (Å²) >= 11 is 1.37. The van der Waals surface area contributed by atoms with Crippen LogP contribution in [0.3, 0.4) is 0 Å². The predicted octanol–water partition coefficient (Wildman–Crippen LogP) is 3.70. The third kappa shape index (κ3) is 5.13. The topological polar surface area (TPSA) is 135 Å². The van der Waals surface area contributed by atoms with Crippen LogP contribution in [0.25, 0.3) is 0 Å². The fourth-order valence-corrected chi connectivity index (χ4v) is 6.50. The van der Waals surface area contributed by atoms with E-state index in [1.54, 1.807) is 6.92 Å². The largest absolute Gasteiger partial charge is 0.300 e. The molecule has 12 heteroatoms. The second-order valence-corrected chi connectivity index (χ2v) is 10.7. The highest BCUT2D eigenvalue weighted by molar-refractivity contribution is 7.89. The number of amides is 1. The minimum Gasteiger partial charge on any atom is -0.300 e. The number of anilines is 1. The molecule has 3 rings (SSSR count). The molecule has 0 spiro atoms. The summed E-state index contributed by atoms with van der Waals surface area (Å²) in [4.78, 5) is 23.0. The Hall–Kier alpha value is -2.44. The van der Waals surface area contributed by atoms with E-state index in [2.05, 4.69) is 29.4 Å². The van der Waals surface area contributed by atoms with Gasteiger partial charge in [0.1, 0.15) is 5.01 Å². The summed E-state index contributed by atoms with van der Waals surface area (Å²) < 4.78 is 27.4. The van der Waals surface area contributed by atoms with Crippen LogP contribution < -0.4 is 5.32 Å². The molecule has 2 heterocycles. The lowest BCUT2D eigenvalue weighted by atomic mass is 9.97. The van der Waals surface area contributed by atoms with Crippen LogP contribution in [-0.2, 0) is 14.8 Å². The van der Waals surface area contributed by atoms with Crippen LogP contribution >= 0.6 is 11.3 Å². The molecule has 1 saturated heterocycles. The number of sulfonamides is 1. The first-order valence-electron chi connectivity index (χ1n) is 10.6. The van der Waals surface area contributed by atoms with Crippen LogP contribution in [0.4, 0.5) is 10.8 Å². The molecule has 1 amide bonds. The summed E-state index contributed by atoms with van der Waals surface area (Å²) in [5.74, 6) is -0.210. The number of benzene rings is 1. The number of nitrogens with zero attached hydrogens (tertiary/aromatic N) is 4.